The van der Waals surface area contributed by atoms with Crippen molar-refractivity contribution in [3.63, 3.8) is 0 Å². The molecule has 0 radical (unpaired) electrons. The highest BCUT2D eigenvalue weighted by molar-refractivity contribution is 5.94. The molecule has 3 nitrogen and oxygen atoms in total. The van der Waals surface area contributed by atoms with Gasteiger partial charge < -0.3 is 10.1 Å². The predicted octanol–water partition coefficient (Wildman–Crippen LogP) is 2.95. The van der Waals surface area contributed by atoms with Gasteiger partial charge in [-0.05, 0) is 43.5 Å². The molecule has 1 rings (SSSR count). The number of benzene rings is 1. The van der Waals surface area contributed by atoms with Crippen LogP contribution in [-0.2, 0) is 6.42 Å². The summed E-state index contributed by atoms with van der Waals surface area (Å²) in [6.07, 6.45) is 3.41. The van der Waals surface area contributed by atoms with Gasteiger partial charge in [0.2, 0.25) is 0 Å². The normalized spacial score (nSPS) is 11.7. The fraction of sp³-hybridized carbons (Fsp3) is 0.400. The lowest BCUT2D eigenvalue weighted by atomic mass is 10.1. The maximum atomic E-state index is 12.0. The molecule has 1 aromatic carbocycles. The van der Waals surface area contributed by atoms with Crippen molar-refractivity contribution in [2.45, 2.75) is 32.7 Å². The SMILES string of the molecule is C=CCc1cc(C(=O)N[C@H](C)CC)ccc1OC. The van der Waals surface area contributed by atoms with Gasteiger partial charge in [-0.1, -0.05) is 13.0 Å². The third kappa shape index (κ3) is 3.62. The molecule has 1 atom stereocenters. The lowest BCUT2D eigenvalue weighted by Gasteiger charge is -2.13. The standard InChI is InChI=1S/C15H21NO2/c1-5-7-12-10-13(8-9-14(12)18-4)15(17)16-11(3)6-2/h5,8-11H,1,6-7H2,2-4H3,(H,16,17)/t11-/m1/s1. The Balaban J connectivity index is 2.93. The van der Waals surface area contributed by atoms with E-state index in [1.807, 2.05) is 26.0 Å². The Morgan fingerprint density at radius 3 is 2.83 bits per heavy atom. The highest BCUT2D eigenvalue weighted by Crippen LogP contribution is 2.20. The largest absolute Gasteiger partial charge is 0.496 e. The van der Waals surface area contributed by atoms with Gasteiger partial charge in [0.1, 0.15) is 5.75 Å². The van der Waals surface area contributed by atoms with Crippen LogP contribution in [-0.4, -0.2) is 19.1 Å². The molecule has 0 aliphatic carbocycles. The van der Waals surface area contributed by atoms with E-state index in [9.17, 15) is 4.79 Å². The lowest BCUT2D eigenvalue weighted by Crippen LogP contribution is -2.31. The van der Waals surface area contributed by atoms with Crippen LogP contribution in [0.25, 0.3) is 0 Å². The first-order chi connectivity index (χ1) is 8.62. The van der Waals surface area contributed by atoms with Crippen LogP contribution in [0, 0.1) is 0 Å². The van der Waals surface area contributed by atoms with Crippen molar-refractivity contribution >= 4 is 5.91 Å². The van der Waals surface area contributed by atoms with Crippen molar-refractivity contribution < 1.29 is 9.53 Å². The van der Waals surface area contributed by atoms with E-state index in [2.05, 4.69) is 11.9 Å². The van der Waals surface area contributed by atoms with Crippen molar-refractivity contribution in [2.75, 3.05) is 7.11 Å². The number of rotatable bonds is 6. The minimum absolute atomic E-state index is 0.0442. The molecule has 0 heterocycles. The zero-order valence-corrected chi connectivity index (χ0v) is 11.3. The summed E-state index contributed by atoms with van der Waals surface area (Å²) in [6.45, 7) is 7.75. The number of ether oxygens (including phenoxy) is 1. The van der Waals surface area contributed by atoms with Crippen LogP contribution in [0.2, 0.25) is 0 Å². The second-order valence-corrected chi connectivity index (χ2v) is 4.30. The summed E-state index contributed by atoms with van der Waals surface area (Å²) in [5.41, 5.74) is 1.64. The summed E-state index contributed by atoms with van der Waals surface area (Å²) in [5, 5.41) is 2.95. The first-order valence-electron chi connectivity index (χ1n) is 6.21. The molecular weight excluding hydrogens is 226 g/mol. The number of carbonyl (C=O) groups excluding carboxylic acids is 1. The van der Waals surface area contributed by atoms with Crippen LogP contribution in [0.15, 0.2) is 30.9 Å². The van der Waals surface area contributed by atoms with Crippen molar-refractivity contribution in [1.29, 1.82) is 0 Å². The topological polar surface area (TPSA) is 38.3 Å². The van der Waals surface area contributed by atoms with Gasteiger partial charge in [0, 0.05) is 11.6 Å². The number of hydrogen-bond donors (Lipinski definition) is 1. The highest BCUT2D eigenvalue weighted by Gasteiger charge is 2.11. The molecule has 0 saturated heterocycles. The molecule has 1 amide bonds. The van der Waals surface area contributed by atoms with Gasteiger partial charge in [-0.2, -0.15) is 0 Å². The molecule has 0 spiro atoms. The van der Waals surface area contributed by atoms with Gasteiger partial charge in [0.15, 0.2) is 0 Å². The molecule has 18 heavy (non-hydrogen) atoms. The smallest absolute Gasteiger partial charge is 0.251 e. The number of carbonyl (C=O) groups is 1. The van der Waals surface area contributed by atoms with Crippen LogP contribution < -0.4 is 10.1 Å². The summed E-state index contributed by atoms with van der Waals surface area (Å²) >= 11 is 0. The first kappa shape index (κ1) is 14.3. The molecule has 0 aromatic heterocycles. The minimum Gasteiger partial charge on any atom is -0.496 e. The Labute approximate surface area is 109 Å². The van der Waals surface area contributed by atoms with Crippen LogP contribution in [0.3, 0.4) is 0 Å². The molecule has 0 unspecified atom stereocenters. The van der Waals surface area contributed by atoms with E-state index in [4.69, 9.17) is 4.74 Å². The Kier molecular flexibility index (Phi) is 5.43. The monoisotopic (exact) mass is 247 g/mol. The summed E-state index contributed by atoms with van der Waals surface area (Å²) in [6, 6.07) is 5.65. The fourth-order valence-corrected chi connectivity index (χ4v) is 1.64. The number of allylic oxidation sites excluding steroid dienone is 1. The Morgan fingerprint density at radius 2 is 2.28 bits per heavy atom. The maximum absolute atomic E-state index is 12.0. The molecule has 1 N–H and O–H groups in total. The Morgan fingerprint density at radius 1 is 1.56 bits per heavy atom. The molecule has 0 aliphatic rings. The number of nitrogens with one attached hydrogen (secondary N) is 1. The lowest BCUT2D eigenvalue weighted by molar-refractivity contribution is 0.0939. The molecule has 0 fully saturated rings. The number of hydrogen-bond acceptors (Lipinski definition) is 2. The van der Waals surface area contributed by atoms with E-state index in [0.717, 1.165) is 17.7 Å². The van der Waals surface area contributed by atoms with Gasteiger partial charge in [-0.25, -0.2) is 0 Å². The Bertz CT molecular complexity index is 427. The molecule has 0 bridgehead atoms. The van der Waals surface area contributed by atoms with E-state index >= 15 is 0 Å². The van der Waals surface area contributed by atoms with Crippen molar-refractivity contribution in [3.8, 4) is 5.75 Å². The van der Waals surface area contributed by atoms with E-state index in [0.29, 0.717) is 12.0 Å². The Hall–Kier alpha value is -1.77. The fourth-order valence-electron chi connectivity index (χ4n) is 1.64. The maximum Gasteiger partial charge on any atom is 0.251 e. The summed E-state index contributed by atoms with van der Waals surface area (Å²) in [4.78, 5) is 12.0. The zero-order chi connectivity index (χ0) is 13.5. The van der Waals surface area contributed by atoms with Crippen LogP contribution in [0.1, 0.15) is 36.2 Å². The molecule has 3 heteroatoms. The molecule has 98 valence electrons. The van der Waals surface area contributed by atoms with Gasteiger partial charge in [-0.15, -0.1) is 6.58 Å². The first-order valence-corrected chi connectivity index (χ1v) is 6.21. The quantitative estimate of drug-likeness (QED) is 0.785. The van der Waals surface area contributed by atoms with E-state index in [1.54, 1.807) is 19.3 Å². The second kappa shape index (κ2) is 6.84. The van der Waals surface area contributed by atoms with Gasteiger partial charge in [-0.3, -0.25) is 4.79 Å². The summed E-state index contributed by atoms with van der Waals surface area (Å²) in [5.74, 6) is 0.743. The van der Waals surface area contributed by atoms with Crippen LogP contribution in [0.4, 0.5) is 0 Å². The van der Waals surface area contributed by atoms with Crippen LogP contribution >= 0.6 is 0 Å². The predicted molar refractivity (Wildman–Crippen MR) is 74.1 cm³/mol. The van der Waals surface area contributed by atoms with Crippen molar-refractivity contribution in [2.24, 2.45) is 0 Å². The molecule has 1 aromatic rings. The second-order valence-electron chi connectivity index (χ2n) is 4.30. The minimum atomic E-state index is -0.0442. The summed E-state index contributed by atoms with van der Waals surface area (Å²) in [7, 11) is 1.63. The van der Waals surface area contributed by atoms with Gasteiger partial charge in [0.25, 0.3) is 5.91 Å². The third-order valence-corrected chi connectivity index (χ3v) is 2.90. The third-order valence-electron chi connectivity index (χ3n) is 2.90. The molecule has 0 aliphatic heterocycles. The highest BCUT2D eigenvalue weighted by atomic mass is 16.5. The van der Waals surface area contributed by atoms with Crippen molar-refractivity contribution in [3.05, 3.63) is 42.0 Å². The van der Waals surface area contributed by atoms with E-state index < -0.39 is 0 Å². The van der Waals surface area contributed by atoms with E-state index in [-0.39, 0.29) is 11.9 Å². The molecular formula is C15H21NO2. The van der Waals surface area contributed by atoms with Crippen LogP contribution in [0.5, 0.6) is 5.75 Å². The average Bonchev–Trinajstić information content (AvgIpc) is 2.38. The molecule has 0 saturated carbocycles. The average molecular weight is 247 g/mol. The zero-order valence-electron chi connectivity index (χ0n) is 11.3. The number of methoxy groups -OCH3 is 1. The van der Waals surface area contributed by atoms with E-state index in [1.165, 1.54) is 0 Å². The summed E-state index contributed by atoms with van der Waals surface area (Å²) < 4.78 is 5.26. The van der Waals surface area contributed by atoms with Gasteiger partial charge >= 0.3 is 0 Å². The van der Waals surface area contributed by atoms with Crippen molar-refractivity contribution in [1.82, 2.24) is 5.32 Å². The number of amides is 1. The van der Waals surface area contributed by atoms with Gasteiger partial charge in [0.05, 0.1) is 7.11 Å².